The smallest absolute Gasteiger partial charge is 0.323 e. The van der Waals surface area contributed by atoms with Crippen LogP contribution in [0.15, 0.2) is 22.7 Å². The third kappa shape index (κ3) is 9.70. The number of nitrogens with zero attached hydrogens (tertiary/aromatic N) is 3. The third-order valence-electron chi connectivity index (χ3n) is 9.37. The number of rotatable bonds is 7. The molecule has 12 heteroatoms. The fourth-order valence-electron chi connectivity index (χ4n) is 6.42. The summed E-state index contributed by atoms with van der Waals surface area (Å²) < 4.78 is 17.9. The summed E-state index contributed by atoms with van der Waals surface area (Å²) >= 11 is 0. The van der Waals surface area contributed by atoms with Gasteiger partial charge in [-0.2, -0.15) is 0 Å². The van der Waals surface area contributed by atoms with Crippen molar-refractivity contribution in [2.24, 2.45) is 11.8 Å². The Bertz CT molecular complexity index is 1340. The number of benzene rings is 1. The molecule has 4 rings (SSSR count). The summed E-state index contributed by atoms with van der Waals surface area (Å²) in [6.45, 7) is 10.2. The van der Waals surface area contributed by atoms with E-state index in [2.05, 4.69) is 15.8 Å². The van der Waals surface area contributed by atoms with E-state index in [4.69, 9.17) is 14.0 Å². The Morgan fingerprint density at radius 3 is 2.49 bits per heavy atom. The lowest BCUT2D eigenvalue weighted by atomic mass is 9.88. The monoisotopic (exact) mass is 655 g/mol. The van der Waals surface area contributed by atoms with Crippen molar-refractivity contribution in [2.75, 3.05) is 44.0 Å². The number of nitrogens with one attached hydrogen (secondary N) is 2. The van der Waals surface area contributed by atoms with Gasteiger partial charge < -0.3 is 39.5 Å². The van der Waals surface area contributed by atoms with Crippen molar-refractivity contribution >= 4 is 29.2 Å². The number of aliphatic hydroxyl groups excluding tert-OH is 1. The van der Waals surface area contributed by atoms with Crippen molar-refractivity contribution < 1.29 is 33.5 Å². The summed E-state index contributed by atoms with van der Waals surface area (Å²) in [5, 5.41) is 19.7. The molecule has 260 valence electrons. The van der Waals surface area contributed by atoms with Crippen LogP contribution in [-0.4, -0.2) is 89.5 Å². The van der Waals surface area contributed by atoms with Gasteiger partial charge in [0.25, 0.3) is 5.91 Å². The SMILES string of the molecule is Cc1noc(C)c1NC(=O)Nc1ccc2c(c1)C(=O)N([C@@H](C)CO)C[C@H](C)[C@@H](CN(C)C(=O)C1CCCCC1)OCCCC[C@H](C)O2. The number of hydrogen-bond acceptors (Lipinski definition) is 8. The Balaban J connectivity index is 1.59. The van der Waals surface area contributed by atoms with Gasteiger partial charge in [0, 0.05) is 44.3 Å². The minimum atomic E-state index is -0.511. The highest BCUT2D eigenvalue weighted by Gasteiger charge is 2.32. The molecule has 1 aliphatic heterocycles. The maximum atomic E-state index is 14.4. The average molecular weight is 656 g/mol. The van der Waals surface area contributed by atoms with Gasteiger partial charge in [-0.1, -0.05) is 31.3 Å². The van der Waals surface area contributed by atoms with Crippen molar-refractivity contribution in [2.45, 2.75) is 104 Å². The largest absolute Gasteiger partial charge is 0.490 e. The number of aromatic nitrogens is 1. The molecule has 0 saturated heterocycles. The summed E-state index contributed by atoms with van der Waals surface area (Å²) in [5.41, 5.74) is 1.70. The van der Waals surface area contributed by atoms with Gasteiger partial charge in [0.15, 0.2) is 5.76 Å². The van der Waals surface area contributed by atoms with E-state index >= 15 is 0 Å². The van der Waals surface area contributed by atoms with E-state index in [9.17, 15) is 19.5 Å². The summed E-state index contributed by atoms with van der Waals surface area (Å²) in [5.74, 6) is 0.622. The van der Waals surface area contributed by atoms with Gasteiger partial charge in [0.05, 0.1) is 30.4 Å². The molecular weight excluding hydrogens is 602 g/mol. The molecule has 1 aromatic heterocycles. The van der Waals surface area contributed by atoms with Crippen LogP contribution in [-0.2, 0) is 9.53 Å². The van der Waals surface area contributed by atoms with Crippen LogP contribution < -0.4 is 15.4 Å². The summed E-state index contributed by atoms with van der Waals surface area (Å²) in [6, 6.07) is 3.98. The van der Waals surface area contributed by atoms with Crippen LogP contribution in [0.4, 0.5) is 16.2 Å². The molecule has 2 aromatic rings. The zero-order chi connectivity index (χ0) is 34.1. The van der Waals surface area contributed by atoms with Crippen LogP contribution in [0.5, 0.6) is 5.75 Å². The number of urea groups is 1. The molecule has 12 nitrogen and oxygen atoms in total. The topological polar surface area (TPSA) is 146 Å². The maximum absolute atomic E-state index is 14.4. The molecule has 2 heterocycles. The molecule has 2 aliphatic rings. The second kappa shape index (κ2) is 17.0. The number of amides is 4. The Morgan fingerprint density at radius 2 is 1.81 bits per heavy atom. The normalized spacial score (nSPS) is 22.4. The fourth-order valence-corrected chi connectivity index (χ4v) is 6.42. The summed E-state index contributed by atoms with van der Waals surface area (Å²) in [7, 11) is 1.85. The van der Waals surface area contributed by atoms with E-state index in [1.54, 1.807) is 48.8 Å². The van der Waals surface area contributed by atoms with Crippen molar-refractivity contribution in [1.29, 1.82) is 0 Å². The second-order valence-corrected chi connectivity index (χ2v) is 13.3. The van der Waals surface area contributed by atoms with E-state index in [0.717, 1.165) is 44.9 Å². The van der Waals surface area contributed by atoms with Crippen LogP contribution in [0.25, 0.3) is 0 Å². The van der Waals surface area contributed by atoms with E-state index in [1.165, 1.54) is 6.42 Å². The minimum absolute atomic E-state index is 0.0577. The standard InChI is InChI=1S/C35H53N5O7/c1-22-19-40(23(2)21-41)34(43)29-18-28(36-35(44)37-32-25(4)38-47-26(32)5)15-16-30(29)46-24(3)12-10-11-17-45-31(22)20-39(6)33(42)27-13-8-7-9-14-27/h15-16,18,22-24,27,31,41H,7-14,17,19-21H2,1-6H3,(H2,36,37,44)/t22-,23-,24-,31+/m0/s1. The third-order valence-corrected chi connectivity index (χ3v) is 9.37. The first-order valence-electron chi connectivity index (χ1n) is 17.1. The number of likely N-dealkylation sites (N-methyl/N-ethyl adjacent to an activating group) is 1. The maximum Gasteiger partial charge on any atom is 0.323 e. The molecule has 1 aromatic carbocycles. The van der Waals surface area contributed by atoms with E-state index in [0.29, 0.717) is 41.7 Å². The molecule has 3 N–H and O–H groups in total. The molecule has 1 fully saturated rings. The highest BCUT2D eigenvalue weighted by Crippen LogP contribution is 2.30. The lowest BCUT2D eigenvalue weighted by Crippen LogP contribution is -2.48. The van der Waals surface area contributed by atoms with Crippen LogP contribution >= 0.6 is 0 Å². The van der Waals surface area contributed by atoms with Crippen LogP contribution in [0.2, 0.25) is 0 Å². The highest BCUT2D eigenvalue weighted by atomic mass is 16.5. The number of carbonyl (C=O) groups is 3. The van der Waals surface area contributed by atoms with Crippen molar-refractivity contribution in [3.63, 3.8) is 0 Å². The van der Waals surface area contributed by atoms with Crippen molar-refractivity contribution in [3.05, 3.63) is 35.2 Å². The van der Waals surface area contributed by atoms with Crippen molar-refractivity contribution in [3.8, 4) is 5.75 Å². The summed E-state index contributed by atoms with van der Waals surface area (Å²) in [4.78, 5) is 44.0. The number of carbonyl (C=O) groups excluding carboxylic acids is 3. The Morgan fingerprint density at radius 1 is 1.09 bits per heavy atom. The van der Waals surface area contributed by atoms with Gasteiger partial charge in [0.2, 0.25) is 5.91 Å². The molecule has 1 saturated carbocycles. The molecule has 0 unspecified atom stereocenters. The van der Waals surface area contributed by atoms with Gasteiger partial charge in [-0.15, -0.1) is 0 Å². The Kier molecular flexibility index (Phi) is 13.1. The highest BCUT2D eigenvalue weighted by molar-refractivity contribution is 6.03. The predicted octanol–water partition coefficient (Wildman–Crippen LogP) is 5.77. The number of fused-ring (bicyclic) bond motifs is 1. The van der Waals surface area contributed by atoms with E-state index in [1.807, 2.05) is 20.9 Å². The van der Waals surface area contributed by atoms with Crippen LogP contribution in [0.1, 0.15) is 93.9 Å². The van der Waals surface area contributed by atoms with Gasteiger partial charge in [-0.3, -0.25) is 9.59 Å². The first-order chi connectivity index (χ1) is 22.5. The molecule has 0 bridgehead atoms. The number of anilines is 2. The quantitative estimate of drug-likeness (QED) is 0.341. The second-order valence-electron chi connectivity index (χ2n) is 13.3. The molecule has 4 atom stereocenters. The lowest BCUT2D eigenvalue weighted by Gasteiger charge is -2.36. The van der Waals surface area contributed by atoms with Crippen LogP contribution in [0, 0.1) is 25.7 Å². The van der Waals surface area contributed by atoms with Crippen molar-refractivity contribution in [1.82, 2.24) is 15.0 Å². The van der Waals surface area contributed by atoms with Gasteiger partial charge >= 0.3 is 6.03 Å². The van der Waals surface area contributed by atoms with Gasteiger partial charge in [-0.25, -0.2) is 4.79 Å². The number of aliphatic hydroxyl groups is 1. The molecule has 1 aliphatic carbocycles. The zero-order valence-electron chi connectivity index (χ0n) is 28.8. The average Bonchev–Trinajstić information content (AvgIpc) is 3.37. The first-order valence-corrected chi connectivity index (χ1v) is 17.1. The van der Waals surface area contributed by atoms with Gasteiger partial charge in [-0.05, 0) is 78.0 Å². The number of aryl methyl sites for hydroxylation is 2. The zero-order valence-corrected chi connectivity index (χ0v) is 28.8. The number of hydrogen-bond donors (Lipinski definition) is 3. The fraction of sp³-hybridized carbons (Fsp3) is 0.657. The number of ether oxygens (including phenoxy) is 2. The molecule has 47 heavy (non-hydrogen) atoms. The first kappa shape index (κ1) is 36.2. The minimum Gasteiger partial charge on any atom is -0.490 e. The molecule has 0 spiro atoms. The molecule has 4 amide bonds. The van der Waals surface area contributed by atoms with E-state index < -0.39 is 12.1 Å². The Hall–Kier alpha value is -3.64. The summed E-state index contributed by atoms with van der Waals surface area (Å²) in [6.07, 6.45) is 7.20. The molecule has 0 radical (unpaired) electrons. The lowest BCUT2D eigenvalue weighted by molar-refractivity contribution is -0.137. The molecular formula is C35H53N5O7. The van der Waals surface area contributed by atoms with Gasteiger partial charge in [0.1, 0.15) is 17.1 Å². The van der Waals surface area contributed by atoms with Crippen LogP contribution in [0.3, 0.4) is 0 Å². The predicted molar refractivity (Wildman–Crippen MR) is 180 cm³/mol. The Labute approximate surface area is 278 Å². The van der Waals surface area contributed by atoms with E-state index in [-0.39, 0.29) is 54.6 Å².